The Labute approximate surface area is 81.2 Å². The summed E-state index contributed by atoms with van der Waals surface area (Å²) in [4.78, 5) is 0. The van der Waals surface area contributed by atoms with E-state index in [1.54, 1.807) is 0 Å². The Hall–Kier alpha value is -0.820. The molecule has 1 heteroatoms. The molecule has 0 saturated carbocycles. The minimum absolute atomic E-state index is 0.0760. The average molecular weight is 177 g/mol. The van der Waals surface area contributed by atoms with Gasteiger partial charge in [0.25, 0.3) is 0 Å². The lowest BCUT2D eigenvalue weighted by Gasteiger charge is -2.27. The number of rotatable bonds is 3. The molecule has 1 nitrogen and oxygen atoms in total. The van der Waals surface area contributed by atoms with Crippen LogP contribution in [0.3, 0.4) is 0 Å². The van der Waals surface area contributed by atoms with E-state index < -0.39 is 0 Å². The van der Waals surface area contributed by atoms with Crippen LogP contribution in [0.2, 0.25) is 0 Å². The highest BCUT2D eigenvalue weighted by molar-refractivity contribution is 5.32. The zero-order valence-corrected chi connectivity index (χ0v) is 9.02. The standard InChI is InChI=1S/C12H19N/c1-5-10-8-6-7-9-11(10)12(2,3)13-4/h6-9,13H,5H2,1-4H3. The van der Waals surface area contributed by atoms with Crippen LogP contribution in [0.1, 0.15) is 31.9 Å². The van der Waals surface area contributed by atoms with Crippen LogP contribution in [-0.4, -0.2) is 7.05 Å². The van der Waals surface area contributed by atoms with Gasteiger partial charge in [-0.3, -0.25) is 0 Å². The molecule has 0 aromatic heterocycles. The van der Waals surface area contributed by atoms with Crippen LogP contribution in [0, 0.1) is 0 Å². The maximum Gasteiger partial charge on any atom is 0.0377 e. The van der Waals surface area contributed by atoms with Gasteiger partial charge in [0.05, 0.1) is 0 Å². The van der Waals surface area contributed by atoms with Crippen molar-refractivity contribution in [3.8, 4) is 0 Å². The second-order valence-corrected chi connectivity index (χ2v) is 3.89. The monoisotopic (exact) mass is 177 g/mol. The van der Waals surface area contributed by atoms with Gasteiger partial charge < -0.3 is 5.32 Å². The van der Waals surface area contributed by atoms with Crippen molar-refractivity contribution >= 4 is 0 Å². The largest absolute Gasteiger partial charge is 0.311 e. The fraction of sp³-hybridized carbons (Fsp3) is 0.500. The van der Waals surface area contributed by atoms with Crippen molar-refractivity contribution in [3.05, 3.63) is 35.4 Å². The smallest absolute Gasteiger partial charge is 0.0377 e. The van der Waals surface area contributed by atoms with Crippen LogP contribution in [-0.2, 0) is 12.0 Å². The maximum atomic E-state index is 3.33. The molecule has 72 valence electrons. The van der Waals surface area contributed by atoms with Crippen LogP contribution in [0.5, 0.6) is 0 Å². The molecule has 0 saturated heterocycles. The maximum absolute atomic E-state index is 3.33. The first kappa shape index (κ1) is 10.3. The zero-order chi connectivity index (χ0) is 9.90. The minimum Gasteiger partial charge on any atom is -0.311 e. The van der Waals surface area contributed by atoms with Crippen molar-refractivity contribution < 1.29 is 0 Å². The highest BCUT2D eigenvalue weighted by Gasteiger charge is 2.19. The molecule has 0 aliphatic heterocycles. The van der Waals surface area contributed by atoms with Crippen molar-refractivity contribution in [1.29, 1.82) is 0 Å². The molecule has 0 bridgehead atoms. The summed E-state index contributed by atoms with van der Waals surface area (Å²) in [5, 5.41) is 3.33. The van der Waals surface area contributed by atoms with Crippen molar-refractivity contribution in [2.24, 2.45) is 0 Å². The van der Waals surface area contributed by atoms with Gasteiger partial charge in [-0.25, -0.2) is 0 Å². The molecule has 0 amide bonds. The van der Waals surface area contributed by atoms with Gasteiger partial charge in [0, 0.05) is 5.54 Å². The quantitative estimate of drug-likeness (QED) is 0.748. The third kappa shape index (κ3) is 2.10. The first-order valence-corrected chi connectivity index (χ1v) is 4.89. The summed E-state index contributed by atoms with van der Waals surface area (Å²) in [6, 6.07) is 8.62. The van der Waals surface area contributed by atoms with Gasteiger partial charge in [-0.05, 0) is 38.4 Å². The molecule has 1 rings (SSSR count). The lowest BCUT2D eigenvalue weighted by Crippen LogP contribution is -2.34. The number of aryl methyl sites for hydroxylation is 1. The molecule has 0 heterocycles. The number of hydrogen-bond donors (Lipinski definition) is 1. The van der Waals surface area contributed by atoms with Crippen LogP contribution in [0.15, 0.2) is 24.3 Å². The molecule has 13 heavy (non-hydrogen) atoms. The van der Waals surface area contributed by atoms with Gasteiger partial charge in [0.2, 0.25) is 0 Å². The summed E-state index contributed by atoms with van der Waals surface area (Å²) in [5.74, 6) is 0. The number of hydrogen-bond acceptors (Lipinski definition) is 1. The Balaban J connectivity index is 3.12. The molecule has 0 aliphatic rings. The summed E-state index contributed by atoms with van der Waals surface area (Å²) in [6.45, 7) is 6.62. The molecule has 0 spiro atoms. The number of nitrogens with one attached hydrogen (secondary N) is 1. The Kier molecular flexibility index (Phi) is 3.10. The predicted octanol–water partition coefficient (Wildman–Crippen LogP) is 2.70. The van der Waals surface area contributed by atoms with Crippen molar-refractivity contribution in [2.45, 2.75) is 32.7 Å². The second kappa shape index (κ2) is 3.93. The first-order chi connectivity index (χ1) is 6.11. The SMILES string of the molecule is CCc1ccccc1C(C)(C)NC. The average Bonchev–Trinajstić information content (AvgIpc) is 2.18. The summed E-state index contributed by atoms with van der Waals surface area (Å²) in [7, 11) is 2.01. The van der Waals surface area contributed by atoms with E-state index in [-0.39, 0.29) is 5.54 Å². The fourth-order valence-electron chi connectivity index (χ4n) is 1.57. The molecule has 1 aromatic carbocycles. The fourth-order valence-corrected chi connectivity index (χ4v) is 1.57. The minimum atomic E-state index is 0.0760. The molecule has 0 atom stereocenters. The van der Waals surface area contributed by atoms with Crippen LogP contribution >= 0.6 is 0 Å². The van der Waals surface area contributed by atoms with Gasteiger partial charge in [0.1, 0.15) is 0 Å². The molecule has 1 N–H and O–H groups in total. The number of benzene rings is 1. The molecular formula is C12H19N. The van der Waals surface area contributed by atoms with E-state index in [9.17, 15) is 0 Å². The van der Waals surface area contributed by atoms with E-state index in [0.29, 0.717) is 0 Å². The van der Waals surface area contributed by atoms with Gasteiger partial charge in [-0.2, -0.15) is 0 Å². The Morgan fingerprint density at radius 1 is 1.23 bits per heavy atom. The van der Waals surface area contributed by atoms with Gasteiger partial charge in [-0.15, -0.1) is 0 Å². The molecule has 1 aromatic rings. The van der Waals surface area contributed by atoms with Crippen molar-refractivity contribution in [2.75, 3.05) is 7.05 Å². The predicted molar refractivity (Wildman–Crippen MR) is 57.9 cm³/mol. The normalized spacial score (nSPS) is 11.7. The Bertz CT molecular complexity index is 276. The van der Waals surface area contributed by atoms with E-state index in [1.165, 1.54) is 11.1 Å². The van der Waals surface area contributed by atoms with Gasteiger partial charge in [-0.1, -0.05) is 31.2 Å². The Morgan fingerprint density at radius 2 is 1.85 bits per heavy atom. The lowest BCUT2D eigenvalue weighted by molar-refractivity contribution is 0.441. The third-order valence-electron chi connectivity index (χ3n) is 2.70. The summed E-state index contributed by atoms with van der Waals surface area (Å²) in [6.07, 6.45) is 1.10. The molecule has 0 unspecified atom stereocenters. The van der Waals surface area contributed by atoms with Crippen molar-refractivity contribution in [3.63, 3.8) is 0 Å². The highest BCUT2D eigenvalue weighted by Crippen LogP contribution is 2.23. The molecule has 0 radical (unpaired) electrons. The lowest BCUT2D eigenvalue weighted by atomic mass is 9.89. The summed E-state index contributed by atoms with van der Waals surface area (Å²) >= 11 is 0. The topological polar surface area (TPSA) is 12.0 Å². The first-order valence-electron chi connectivity index (χ1n) is 4.89. The molecular weight excluding hydrogens is 158 g/mol. The third-order valence-corrected chi connectivity index (χ3v) is 2.70. The van der Waals surface area contributed by atoms with E-state index in [2.05, 4.69) is 50.4 Å². The van der Waals surface area contributed by atoms with E-state index in [0.717, 1.165) is 6.42 Å². The van der Waals surface area contributed by atoms with Crippen LogP contribution in [0.25, 0.3) is 0 Å². The Morgan fingerprint density at radius 3 is 2.38 bits per heavy atom. The second-order valence-electron chi connectivity index (χ2n) is 3.89. The van der Waals surface area contributed by atoms with E-state index >= 15 is 0 Å². The van der Waals surface area contributed by atoms with Crippen LogP contribution in [0.4, 0.5) is 0 Å². The highest BCUT2D eigenvalue weighted by atomic mass is 14.9. The van der Waals surface area contributed by atoms with Crippen LogP contribution < -0.4 is 5.32 Å². The van der Waals surface area contributed by atoms with Gasteiger partial charge >= 0.3 is 0 Å². The summed E-state index contributed by atoms with van der Waals surface area (Å²) in [5.41, 5.74) is 2.91. The van der Waals surface area contributed by atoms with E-state index in [4.69, 9.17) is 0 Å². The zero-order valence-electron chi connectivity index (χ0n) is 9.02. The van der Waals surface area contributed by atoms with Crippen molar-refractivity contribution in [1.82, 2.24) is 5.32 Å². The van der Waals surface area contributed by atoms with E-state index in [1.807, 2.05) is 7.05 Å². The molecule has 0 aliphatic carbocycles. The van der Waals surface area contributed by atoms with Gasteiger partial charge in [0.15, 0.2) is 0 Å². The molecule has 0 fully saturated rings. The summed E-state index contributed by atoms with van der Waals surface area (Å²) < 4.78 is 0.